The summed E-state index contributed by atoms with van der Waals surface area (Å²) in [6, 6.07) is 14.8. The molecule has 0 radical (unpaired) electrons. The predicted molar refractivity (Wildman–Crippen MR) is 144 cm³/mol. The van der Waals surface area contributed by atoms with Crippen LogP contribution in [-0.2, 0) is 11.3 Å². The van der Waals surface area contributed by atoms with Crippen LogP contribution in [0.1, 0.15) is 29.7 Å². The van der Waals surface area contributed by atoms with Gasteiger partial charge in [0.15, 0.2) is 17.5 Å². The summed E-state index contributed by atoms with van der Waals surface area (Å²) >= 11 is 0. The Bertz CT molecular complexity index is 888. The van der Waals surface area contributed by atoms with Gasteiger partial charge >= 0.3 is 0 Å². The number of nitrogens with one attached hydrogen (secondary N) is 2. The first-order valence-electron chi connectivity index (χ1n) is 11.3. The standard InChI is InChI=1S/C25H36N4O3.HI/c1-5-26-25(27-17-20-8-6-7-19(2)15-20)28-18-22(29-11-13-32-14-12-29)21-9-10-23(30-3)24(16-21)31-4;/h6-10,15-16,22H,5,11-14,17-18H2,1-4H3,(H2,26,27,28);1H. The average Bonchev–Trinajstić information content (AvgIpc) is 2.83. The molecule has 33 heavy (non-hydrogen) atoms. The summed E-state index contributed by atoms with van der Waals surface area (Å²) in [5.74, 6) is 2.29. The van der Waals surface area contributed by atoms with Crippen LogP contribution in [0.5, 0.6) is 11.5 Å². The molecule has 182 valence electrons. The number of hydrogen-bond acceptors (Lipinski definition) is 5. The minimum absolute atomic E-state index is 0. The van der Waals surface area contributed by atoms with E-state index in [1.807, 2.05) is 6.07 Å². The molecule has 2 aromatic rings. The van der Waals surface area contributed by atoms with Gasteiger partial charge in [0.1, 0.15) is 0 Å². The molecule has 8 heteroatoms. The Kier molecular flexibility index (Phi) is 11.8. The van der Waals surface area contributed by atoms with Crippen LogP contribution in [0.2, 0.25) is 0 Å². The number of aryl methyl sites for hydroxylation is 1. The summed E-state index contributed by atoms with van der Waals surface area (Å²) < 4.78 is 16.6. The lowest BCUT2D eigenvalue weighted by atomic mass is 10.0. The fourth-order valence-corrected chi connectivity index (χ4v) is 3.92. The molecule has 3 rings (SSSR count). The molecule has 1 atom stereocenters. The maximum atomic E-state index is 5.59. The molecule has 1 aliphatic heterocycles. The number of benzene rings is 2. The molecule has 0 bridgehead atoms. The van der Waals surface area contributed by atoms with Gasteiger partial charge in [0.25, 0.3) is 0 Å². The quantitative estimate of drug-likeness (QED) is 0.273. The van der Waals surface area contributed by atoms with E-state index in [9.17, 15) is 0 Å². The van der Waals surface area contributed by atoms with Crippen molar-refractivity contribution in [2.24, 2.45) is 4.99 Å². The normalized spacial score (nSPS) is 15.3. The van der Waals surface area contributed by atoms with E-state index in [-0.39, 0.29) is 30.0 Å². The molecule has 1 fully saturated rings. The molecule has 0 aromatic heterocycles. The minimum atomic E-state index is 0. The van der Waals surface area contributed by atoms with Gasteiger partial charge in [-0.05, 0) is 37.1 Å². The molecule has 2 N–H and O–H groups in total. The van der Waals surface area contributed by atoms with Crippen LogP contribution in [0.15, 0.2) is 47.5 Å². The highest BCUT2D eigenvalue weighted by molar-refractivity contribution is 14.0. The number of rotatable bonds is 9. The lowest BCUT2D eigenvalue weighted by molar-refractivity contribution is 0.0169. The van der Waals surface area contributed by atoms with E-state index in [1.165, 1.54) is 16.7 Å². The van der Waals surface area contributed by atoms with Crippen molar-refractivity contribution in [3.05, 3.63) is 59.2 Å². The lowest BCUT2D eigenvalue weighted by Crippen LogP contribution is -2.46. The van der Waals surface area contributed by atoms with Crippen LogP contribution in [0.3, 0.4) is 0 Å². The number of methoxy groups -OCH3 is 2. The van der Waals surface area contributed by atoms with Crippen molar-refractivity contribution in [1.29, 1.82) is 0 Å². The first-order valence-corrected chi connectivity index (χ1v) is 11.3. The Morgan fingerprint density at radius 2 is 1.82 bits per heavy atom. The summed E-state index contributed by atoms with van der Waals surface area (Å²) in [5.41, 5.74) is 3.62. The van der Waals surface area contributed by atoms with Crippen LogP contribution in [-0.4, -0.2) is 64.5 Å². The third kappa shape index (κ3) is 8.04. The Hall–Kier alpha value is -2.04. The molecule has 7 nitrogen and oxygen atoms in total. The summed E-state index contributed by atoms with van der Waals surface area (Å²) in [6.45, 7) is 9.60. The van der Waals surface area contributed by atoms with Gasteiger partial charge in [0.05, 0.1) is 40.0 Å². The van der Waals surface area contributed by atoms with Gasteiger partial charge in [-0.2, -0.15) is 0 Å². The molecule has 1 heterocycles. The molecule has 1 unspecified atom stereocenters. The van der Waals surface area contributed by atoms with E-state index in [0.717, 1.165) is 56.9 Å². The minimum Gasteiger partial charge on any atom is -0.493 e. The van der Waals surface area contributed by atoms with Gasteiger partial charge in [-0.3, -0.25) is 4.90 Å². The molecule has 1 saturated heterocycles. The molecule has 1 aliphatic rings. The Morgan fingerprint density at radius 3 is 2.48 bits per heavy atom. The molecular weight excluding hydrogens is 531 g/mol. The highest BCUT2D eigenvalue weighted by Gasteiger charge is 2.24. The Labute approximate surface area is 214 Å². The van der Waals surface area contributed by atoms with Crippen molar-refractivity contribution in [3.63, 3.8) is 0 Å². The average molecular weight is 569 g/mol. The summed E-state index contributed by atoms with van der Waals surface area (Å²) in [7, 11) is 3.33. The van der Waals surface area contributed by atoms with E-state index >= 15 is 0 Å². The Morgan fingerprint density at radius 1 is 1.06 bits per heavy atom. The topological polar surface area (TPSA) is 67.4 Å². The second-order valence-corrected chi connectivity index (χ2v) is 7.84. The summed E-state index contributed by atoms with van der Waals surface area (Å²) in [4.78, 5) is 7.25. The van der Waals surface area contributed by atoms with Gasteiger partial charge in [0, 0.05) is 26.2 Å². The zero-order valence-corrected chi connectivity index (χ0v) is 22.4. The van der Waals surface area contributed by atoms with E-state index < -0.39 is 0 Å². The smallest absolute Gasteiger partial charge is 0.191 e. The van der Waals surface area contributed by atoms with Crippen molar-refractivity contribution in [3.8, 4) is 11.5 Å². The second kappa shape index (κ2) is 14.3. The van der Waals surface area contributed by atoms with E-state index in [2.05, 4.69) is 65.8 Å². The monoisotopic (exact) mass is 568 g/mol. The van der Waals surface area contributed by atoms with Gasteiger partial charge in [-0.25, -0.2) is 4.99 Å². The highest BCUT2D eigenvalue weighted by atomic mass is 127. The van der Waals surface area contributed by atoms with Crippen molar-refractivity contribution in [1.82, 2.24) is 15.5 Å². The molecule has 0 amide bonds. The van der Waals surface area contributed by atoms with Crippen molar-refractivity contribution in [2.75, 3.05) is 53.6 Å². The third-order valence-electron chi connectivity index (χ3n) is 5.59. The fraction of sp³-hybridized carbons (Fsp3) is 0.480. The molecule has 0 spiro atoms. The van der Waals surface area contributed by atoms with Crippen LogP contribution >= 0.6 is 24.0 Å². The van der Waals surface area contributed by atoms with Gasteiger partial charge < -0.3 is 24.8 Å². The van der Waals surface area contributed by atoms with Crippen LogP contribution in [0, 0.1) is 6.92 Å². The fourth-order valence-electron chi connectivity index (χ4n) is 3.92. The number of guanidine groups is 1. The van der Waals surface area contributed by atoms with E-state index in [1.54, 1.807) is 14.2 Å². The Balaban J connectivity index is 0.00000385. The lowest BCUT2D eigenvalue weighted by Gasteiger charge is -2.35. The summed E-state index contributed by atoms with van der Waals surface area (Å²) in [5, 5.41) is 6.92. The number of nitrogens with zero attached hydrogens (tertiary/aromatic N) is 2. The van der Waals surface area contributed by atoms with E-state index in [4.69, 9.17) is 19.2 Å². The van der Waals surface area contributed by atoms with Crippen molar-refractivity contribution in [2.45, 2.75) is 26.4 Å². The van der Waals surface area contributed by atoms with Gasteiger partial charge in [-0.15, -0.1) is 24.0 Å². The number of halogens is 1. The van der Waals surface area contributed by atoms with Crippen LogP contribution < -0.4 is 20.1 Å². The molecule has 2 aromatic carbocycles. The van der Waals surface area contributed by atoms with Crippen LogP contribution in [0.25, 0.3) is 0 Å². The molecule has 0 saturated carbocycles. The number of ether oxygens (including phenoxy) is 3. The van der Waals surface area contributed by atoms with Gasteiger partial charge in [-0.1, -0.05) is 35.9 Å². The van der Waals surface area contributed by atoms with E-state index in [0.29, 0.717) is 6.54 Å². The van der Waals surface area contributed by atoms with Gasteiger partial charge in [0.2, 0.25) is 0 Å². The van der Waals surface area contributed by atoms with Crippen LogP contribution in [0.4, 0.5) is 0 Å². The maximum Gasteiger partial charge on any atom is 0.191 e. The first-order chi connectivity index (χ1) is 15.6. The number of morpholine rings is 1. The number of aliphatic imine (C=N–C) groups is 1. The molecular formula is C25H37IN4O3. The first kappa shape index (κ1) is 27.2. The molecule has 0 aliphatic carbocycles. The highest BCUT2D eigenvalue weighted by Crippen LogP contribution is 2.32. The van der Waals surface area contributed by atoms with Crippen molar-refractivity contribution >= 4 is 29.9 Å². The predicted octanol–water partition coefficient (Wildman–Crippen LogP) is 3.76. The zero-order chi connectivity index (χ0) is 22.8. The number of hydrogen-bond donors (Lipinski definition) is 2. The van der Waals surface area contributed by atoms with Crippen molar-refractivity contribution < 1.29 is 14.2 Å². The SMILES string of the molecule is CCNC(=NCc1cccc(C)c1)NCC(c1ccc(OC)c(OC)c1)N1CCOCC1.I. The second-order valence-electron chi connectivity index (χ2n) is 7.84. The summed E-state index contributed by atoms with van der Waals surface area (Å²) in [6.07, 6.45) is 0. The maximum absolute atomic E-state index is 5.59. The third-order valence-corrected chi connectivity index (χ3v) is 5.59. The zero-order valence-electron chi connectivity index (χ0n) is 20.1. The largest absolute Gasteiger partial charge is 0.493 e.